The highest BCUT2D eigenvalue weighted by Crippen LogP contribution is 2.27. The molecule has 7 heteroatoms. The first kappa shape index (κ1) is 12.1. The summed E-state index contributed by atoms with van der Waals surface area (Å²) in [6, 6.07) is -0.319. The molecule has 92 valence electrons. The maximum absolute atomic E-state index is 11.3. The fraction of sp³-hybridized carbons (Fsp3) is 0.500. The van der Waals surface area contributed by atoms with E-state index in [0.717, 1.165) is 19.4 Å². The average Bonchev–Trinajstić information content (AvgIpc) is 2.78. The van der Waals surface area contributed by atoms with Crippen molar-refractivity contribution >= 4 is 27.8 Å². The Morgan fingerprint density at radius 3 is 3.12 bits per heavy atom. The van der Waals surface area contributed by atoms with E-state index in [1.165, 1.54) is 7.11 Å². The zero-order valence-electron chi connectivity index (χ0n) is 9.39. The van der Waals surface area contributed by atoms with Crippen molar-refractivity contribution in [3.63, 3.8) is 0 Å². The van der Waals surface area contributed by atoms with Gasteiger partial charge < -0.3 is 15.4 Å². The van der Waals surface area contributed by atoms with Gasteiger partial charge in [-0.25, -0.2) is 4.98 Å². The summed E-state index contributed by atoms with van der Waals surface area (Å²) >= 11 is 3.28. The molecule has 1 aliphatic heterocycles. The highest BCUT2D eigenvalue weighted by Gasteiger charge is 2.31. The number of anilines is 1. The summed E-state index contributed by atoms with van der Waals surface area (Å²) in [5.74, 6) is 0.587. The van der Waals surface area contributed by atoms with Crippen molar-refractivity contribution in [2.45, 2.75) is 18.9 Å². The van der Waals surface area contributed by atoms with E-state index in [0.29, 0.717) is 16.3 Å². The molecule has 2 heterocycles. The van der Waals surface area contributed by atoms with Gasteiger partial charge in [-0.1, -0.05) is 0 Å². The van der Waals surface area contributed by atoms with Crippen molar-refractivity contribution in [2.75, 3.05) is 18.6 Å². The lowest BCUT2D eigenvalue weighted by Crippen LogP contribution is -2.41. The van der Waals surface area contributed by atoms with E-state index in [4.69, 9.17) is 10.5 Å². The fourth-order valence-corrected chi connectivity index (χ4v) is 2.28. The summed E-state index contributed by atoms with van der Waals surface area (Å²) in [5.41, 5.74) is 5.35. The number of rotatable bonds is 3. The molecule has 1 atom stereocenters. The number of halogens is 1. The molecule has 6 nitrogen and oxygen atoms in total. The van der Waals surface area contributed by atoms with Gasteiger partial charge in [0.2, 0.25) is 17.7 Å². The topological polar surface area (TPSA) is 81.3 Å². The van der Waals surface area contributed by atoms with E-state index in [2.05, 4.69) is 25.9 Å². The summed E-state index contributed by atoms with van der Waals surface area (Å²) < 4.78 is 5.78. The molecular formula is C10H13BrN4O2. The Hall–Kier alpha value is -1.37. The number of ether oxygens (including phenoxy) is 1. The zero-order chi connectivity index (χ0) is 12.4. The number of amides is 1. The minimum absolute atomic E-state index is 0.319. The molecule has 0 saturated carbocycles. The molecule has 1 aromatic rings. The lowest BCUT2D eigenvalue weighted by atomic mass is 10.2. The number of nitrogens with zero attached hydrogens (tertiary/aromatic N) is 3. The third-order valence-electron chi connectivity index (χ3n) is 2.73. The van der Waals surface area contributed by atoms with Crippen LogP contribution in [0.4, 0.5) is 5.95 Å². The van der Waals surface area contributed by atoms with Crippen LogP contribution in [-0.2, 0) is 4.79 Å². The number of primary amides is 1. The third kappa shape index (κ3) is 2.33. The first-order valence-corrected chi connectivity index (χ1v) is 6.05. The second kappa shape index (κ2) is 4.87. The molecule has 0 aliphatic carbocycles. The predicted molar refractivity (Wildman–Crippen MR) is 65.8 cm³/mol. The molecule has 1 aliphatic rings. The molecule has 1 fully saturated rings. The van der Waals surface area contributed by atoms with E-state index >= 15 is 0 Å². The number of methoxy groups -OCH3 is 1. The van der Waals surface area contributed by atoms with Gasteiger partial charge >= 0.3 is 0 Å². The Balaban J connectivity index is 2.30. The van der Waals surface area contributed by atoms with Gasteiger partial charge in [0.25, 0.3) is 0 Å². The van der Waals surface area contributed by atoms with Gasteiger partial charge in [0.1, 0.15) is 6.04 Å². The van der Waals surface area contributed by atoms with Gasteiger partial charge in [0, 0.05) is 6.54 Å². The van der Waals surface area contributed by atoms with Gasteiger partial charge in [0.05, 0.1) is 17.8 Å². The van der Waals surface area contributed by atoms with E-state index < -0.39 is 0 Å². The van der Waals surface area contributed by atoms with Crippen LogP contribution in [0.5, 0.6) is 5.88 Å². The molecule has 0 spiro atoms. The van der Waals surface area contributed by atoms with Crippen LogP contribution in [0, 0.1) is 0 Å². The van der Waals surface area contributed by atoms with Crippen LogP contribution in [0.3, 0.4) is 0 Å². The highest BCUT2D eigenvalue weighted by atomic mass is 79.9. The second-order valence-corrected chi connectivity index (χ2v) is 4.64. The van der Waals surface area contributed by atoms with E-state index in [-0.39, 0.29) is 11.9 Å². The summed E-state index contributed by atoms with van der Waals surface area (Å²) in [4.78, 5) is 21.5. The van der Waals surface area contributed by atoms with Gasteiger partial charge in [0.15, 0.2) is 0 Å². The van der Waals surface area contributed by atoms with Crippen LogP contribution in [-0.4, -0.2) is 35.6 Å². The average molecular weight is 301 g/mol. The molecule has 17 heavy (non-hydrogen) atoms. The Labute approximate surface area is 107 Å². The Morgan fingerprint density at radius 2 is 2.47 bits per heavy atom. The Kier molecular flexibility index (Phi) is 3.46. The first-order valence-electron chi connectivity index (χ1n) is 5.26. The van der Waals surface area contributed by atoms with E-state index in [9.17, 15) is 4.79 Å². The van der Waals surface area contributed by atoms with Crippen LogP contribution in [0.1, 0.15) is 12.8 Å². The van der Waals surface area contributed by atoms with Crippen molar-refractivity contribution < 1.29 is 9.53 Å². The number of aromatic nitrogens is 2. The van der Waals surface area contributed by atoms with Gasteiger partial charge in [-0.2, -0.15) is 4.98 Å². The molecule has 1 unspecified atom stereocenters. The van der Waals surface area contributed by atoms with Gasteiger partial charge in [-0.3, -0.25) is 4.79 Å². The normalized spacial score (nSPS) is 19.4. The largest absolute Gasteiger partial charge is 0.480 e. The fourth-order valence-electron chi connectivity index (χ4n) is 1.93. The number of hydrogen-bond donors (Lipinski definition) is 1. The van der Waals surface area contributed by atoms with E-state index in [1.54, 1.807) is 6.20 Å². The minimum atomic E-state index is -0.340. The van der Waals surface area contributed by atoms with Crippen molar-refractivity contribution in [1.82, 2.24) is 9.97 Å². The van der Waals surface area contributed by atoms with Crippen molar-refractivity contribution in [1.29, 1.82) is 0 Å². The monoisotopic (exact) mass is 300 g/mol. The van der Waals surface area contributed by atoms with Crippen molar-refractivity contribution in [3.05, 3.63) is 10.7 Å². The van der Waals surface area contributed by atoms with Crippen molar-refractivity contribution in [3.8, 4) is 5.88 Å². The van der Waals surface area contributed by atoms with Crippen LogP contribution in [0.25, 0.3) is 0 Å². The molecule has 0 radical (unpaired) electrons. The summed E-state index contributed by atoms with van der Waals surface area (Å²) in [5, 5.41) is 0. The highest BCUT2D eigenvalue weighted by molar-refractivity contribution is 9.10. The zero-order valence-corrected chi connectivity index (χ0v) is 11.0. The van der Waals surface area contributed by atoms with Crippen molar-refractivity contribution in [2.24, 2.45) is 5.73 Å². The molecule has 1 saturated heterocycles. The molecule has 1 amide bonds. The molecule has 0 aromatic carbocycles. The van der Waals surface area contributed by atoms with Crippen LogP contribution in [0.15, 0.2) is 10.7 Å². The van der Waals surface area contributed by atoms with Gasteiger partial charge in [-0.15, -0.1) is 0 Å². The maximum atomic E-state index is 11.3. The number of carbonyl (C=O) groups excluding carboxylic acids is 1. The minimum Gasteiger partial charge on any atom is -0.480 e. The molecule has 2 rings (SSSR count). The molecule has 2 N–H and O–H groups in total. The molecule has 1 aromatic heterocycles. The van der Waals surface area contributed by atoms with Crippen LogP contribution in [0.2, 0.25) is 0 Å². The number of nitrogens with two attached hydrogens (primary N) is 1. The molecular weight excluding hydrogens is 288 g/mol. The predicted octanol–water partition coefficient (Wildman–Crippen LogP) is 0.702. The standard InChI is InChI=1S/C10H13BrN4O2/c1-17-9-6(11)5-13-10(14-9)15-4-2-3-7(15)8(12)16/h5,7H,2-4H2,1H3,(H2,12,16). The summed E-state index contributed by atoms with van der Waals surface area (Å²) in [6.07, 6.45) is 3.27. The smallest absolute Gasteiger partial charge is 0.240 e. The summed E-state index contributed by atoms with van der Waals surface area (Å²) in [6.45, 7) is 0.735. The molecule has 0 bridgehead atoms. The van der Waals surface area contributed by atoms with Crippen LogP contribution < -0.4 is 15.4 Å². The third-order valence-corrected chi connectivity index (χ3v) is 3.27. The lowest BCUT2D eigenvalue weighted by molar-refractivity contribution is -0.119. The number of hydrogen-bond acceptors (Lipinski definition) is 5. The maximum Gasteiger partial charge on any atom is 0.240 e. The van der Waals surface area contributed by atoms with Gasteiger partial charge in [-0.05, 0) is 28.8 Å². The Bertz CT molecular complexity index is 440. The SMILES string of the molecule is COc1nc(N2CCCC2C(N)=O)ncc1Br. The summed E-state index contributed by atoms with van der Waals surface area (Å²) in [7, 11) is 1.53. The Morgan fingerprint density at radius 1 is 1.71 bits per heavy atom. The van der Waals surface area contributed by atoms with E-state index in [1.807, 2.05) is 4.90 Å². The quantitative estimate of drug-likeness (QED) is 0.889. The van der Waals surface area contributed by atoms with Crippen LogP contribution >= 0.6 is 15.9 Å². The second-order valence-electron chi connectivity index (χ2n) is 3.78. The number of carbonyl (C=O) groups is 1. The lowest BCUT2D eigenvalue weighted by Gasteiger charge is -2.22. The first-order chi connectivity index (χ1) is 8.13.